The lowest BCUT2D eigenvalue weighted by atomic mass is 10.4. The van der Waals surface area contributed by atoms with Crippen LogP contribution in [0.3, 0.4) is 0 Å². The lowest BCUT2D eigenvalue weighted by Crippen LogP contribution is -2.29. The molecule has 0 aromatic carbocycles. The Bertz CT molecular complexity index is 387. The summed E-state index contributed by atoms with van der Waals surface area (Å²) in [5, 5.41) is 12.4. The zero-order chi connectivity index (χ0) is 11.3. The van der Waals surface area contributed by atoms with Gasteiger partial charge in [-0.05, 0) is 0 Å². The molecule has 0 saturated heterocycles. The van der Waals surface area contributed by atoms with Crippen molar-refractivity contribution in [1.29, 1.82) is 0 Å². The molecule has 0 bridgehead atoms. The van der Waals surface area contributed by atoms with Crippen LogP contribution in [0.15, 0.2) is 0 Å². The summed E-state index contributed by atoms with van der Waals surface area (Å²) >= 11 is 6.85. The van der Waals surface area contributed by atoms with E-state index in [-0.39, 0.29) is 13.1 Å². The number of carboxylic acid groups (broad SMARTS) is 1. The third-order valence-corrected chi connectivity index (χ3v) is 2.54. The van der Waals surface area contributed by atoms with Gasteiger partial charge in [0.05, 0.1) is 13.1 Å². The Labute approximate surface area is 95.8 Å². The summed E-state index contributed by atoms with van der Waals surface area (Å²) in [6.07, 6.45) is 5.12. The molecule has 5 nitrogen and oxygen atoms in total. The van der Waals surface area contributed by atoms with E-state index in [0.29, 0.717) is 16.6 Å². The number of aliphatic carboxylic acids is 1. The minimum absolute atomic E-state index is 0.141. The molecule has 0 amide bonds. The molecular weight excluding hydrogens is 238 g/mol. The first-order chi connectivity index (χ1) is 7.13. The molecule has 15 heavy (non-hydrogen) atoms. The zero-order valence-electron chi connectivity index (χ0n) is 7.68. The Hall–Kier alpha value is -1.16. The van der Waals surface area contributed by atoms with Crippen LogP contribution in [0, 0.1) is 12.3 Å². The van der Waals surface area contributed by atoms with E-state index in [9.17, 15) is 4.79 Å². The molecule has 0 saturated carbocycles. The Morgan fingerprint density at radius 2 is 2.47 bits per heavy atom. The number of carboxylic acids is 1. The highest BCUT2D eigenvalue weighted by Gasteiger charge is 2.13. The third-order valence-electron chi connectivity index (χ3n) is 1.56. The molecule has 0 radical (unpaired) electrons. The number of aromatic nitrogens is 2. The van der Waals surface area contributed by atoms with Crippen molar-refractivity contribution in [2.24, 2.45) is 0 Å². The van der Waals surface area contributed by atoms with Crippen LogP contribution < -0.4 is 0 Å². The molecule has 0 aliphatic rings. The van der Waals surface area contributed by atoms with Crippen LogP contribution >= 0.6 is 23.1 Å². The number of hydrogen-bond donors (Lipinski definition) is 1. The van der Waals surface area contributed by atoms with Gasteiger partial charge in [-0.3, -0.25) is 9.69 Å². The van der Waals surface area contributed by atoms with E-state index in [1.165, 1.54) is 0 Å². The molecule has 1 heterocycles. The third kappa shape index (κ3) is 3.83. The fourth-order valence-corrected chi connectivity index (χ4v) is 1.60. The number of hydrogen-bond acceptors (Lipinski definition) is 5. The lowest BCUT2D eigenvalue weighted by molar-refractivity contribution is -0.138. The lowest BCUT2D eigenvalue weighted by Gasteiger charge is -2.15. The smallest absolute Gasteiger partial charge is 0.317 e. The molecule has 7 heteroatoms. The molecule has 0 atom stereocenters. The van der Waals surface area contributed by atoms with Gasteiger partial charge in [0, 0.05) is 18.1 Å². The van der Waals surface area contributed by atoms with E-state index >= 15 is 0 Å². The van der Waals surface area contributed by atoms with E-state index in [0.717, 1.165) is 11.5 Å². The van der Waals surface area contributed by atoms with E-state index in [4.69, 9.17) is 23.1 Å². The quantitative estimate of drug-likeness (QED) is 0.774. The first-order valence-electron chi connectivity index (χ1n) is 3.98. The van der Waals surface area contributed by atoms with Gasteiger partial charge in [0.1, 0.15) is 10.0 Å². The largest absolute Gasteiger partial charge is 0.480 e. The molecule has 80 valence electrons. The number of nitrogens with zero attached hydrogens (tertiary/aromatic N) is 3. The monoisotopic (exact) mass is 245 g/mol. The van der Waals surface area contributed by atoms with Gasteiger partial charge < -0.3 is 5.11 Å². The Morgan fingerprint density at radius 3 is 2.93 bits per heavy atom. The maximum Gasteiger partial charge on any atom is 0.317 e. The average molecular weight is 246 g/mol. The van der Waals surface area contributed by atoms with Crippen molar-refractivity contribution in [2.45, 2.75) is 6.54 Å². The van der Waals surface area contributed by atoms with E-state index < -0.39 is 5.97 Å². The number of terminal acetylenes is 1. The van der Waals surface area contributed by atoms with Crippen molar-refractivity contribution in [3.63, 3.8) is 0 Å². The van der Waals surface area contributed by atoms with Gasteiger partial charge in [-0.2, -0.15) is 0 Å². The van der Waals surface area contributed by atoms with Crippen LogP contribution in [0.4, 0.5) is 0 Å². The summed E-state index contributed by atoms with van der Waals surface area (Å²) < 4.78 is 4.11. The fraction of sp³-hybridized carbons (Fsp3) is 0.375. The van der Waals surface area contributed by atoms with E-state index in [1.54, 1.807) is 4.90 Å². The van der Waals surface area contributed by atoms with Gasteiger partial charge in [-0.1, -0.05) is 22.0 Å². The standard InChI is InChI=1S/C8H8ClN3O2S/c1-2-3-12(5-7(13)14)4-6-8(9)15-11-10-6/h1H,3-5H2,(H,13,14). The number of halogens is 1. The van der Waals surface area contributed by atoms with Gasteiger partial charge in [0.25, 0.3) is 0 Å². The summed E-state index contributed by atoms with van der Waals surface area (Å²) in [5.74, 6) is 1.44. The summed E-state index contributed by atoms with van der Waals surface area (Å²) in [6.45, 7) is 0.393. The maximum atomic E-state index is 10.5. The van der Waals surface area contributed by atoms with Gasteiger partial charge in [0.2, 0.25) is 0 Å². The maximum absolute atomic E-state index is 10.5. The van der Waals surface area contributed by atoms with Crippen LogP contribution in [0.1, 0.15) is 5.69 Å². The molecule has 0 aliphatic heterocycles. The second-order valence-corrected chi connectivity index (χ2v) is 4.09. The SMILES string of the molecule is C#CCN(CC(=O)O)Cc1nnsc1Cl. The average Bonchev–Trinajstić information content (AvgIpc) is 2.51. The first-order valence-corrected chi connectivity index (χ1v) is 5.13. The Kier molecular flexibility index (Phi) is 4.49. The van der Waals surface area contributed by atoms with Crippen molar-refractivity contribution in [2.75, 3.05) is 13.1 Å². The van der Waals surface area contributed by atoms with Gasteiger partial charge in [0.15, 0.2) is 0 Å². The Balaban J connectivity index is 2.63. The zero-order valence-corrected chi connectivity index (χ0v) is 9.25. The van der Waals surface area contributed by atoms with Crippen molar-refractivity contribution >= 4 is 29.1 Å². The first kappa shape index (κ1) is 11.9. The molecule has 0 spiro atoms. The Morgan fingerprint density at radius 1 is 1.73 bits per heavy atom. The molecular formula is C8H8ClN3O2S. The van der Waals surface area contributed by atoms with E-state index in [2.05, 4.69) is 15.5 Å². The van der Waals surface area contributed by atoms with Crippen molar-refractivity contribution in [1.82, 2.24) is 14.5 Å². The molecule has 0 unspecified atom stereocenters. The summed E-state index contributed by atoms with van der Waals surface area (Å²) in [4.78, 5) is 12.1. The molecule has 1 aromatic heterocycles. The normalized spacial score (nSPS) is 10.2. The van der Waals surface area contributed by atoms with Crippen LogP contribution in [0.2, 0.25) is 4.34 Å². The highest BCUT2D eigenvalue weighted by atomic mass is 35.5. The molecule has 1 N–H and O–H groups in total. The minimum atomic E-state index is -0.940. The molecule has 1 aromatic rings. The highest BCUT2D eigenvalue weighted by Crippen LogP contribution is 2.18. The van der Waals surface area contributed by atoms with Gasteiger partial charge >= 0.3 is 5.97 Å². The second kappa shape index (κ2) is 5.66. The van der Waals surface area contributed by atoms with Crippen molar-refractivity contribution < 1.29 is 9.90 Å². The molecule has 0 fully saturated rings. The van der Waals surface area contributed by atoms with Crippen LogP contribution in [0.25, 0.3) is 0 Å². The fourth-order valence-electron chi connectivity index (χ4n) is 0.991. The van der Waals surface area contributed by atoms with Crippen molar-refractivity contribution in [3.8, 4) is 12.3 Å². The van der Waals surface area contributed by atoms with E-state index in [1.807, 2.05) is 0 Å². The summed E-state index contributed by atoms with van der Waals surface area (Å²) in [6, 6.07) is 0. The van der Waals surface area contributed by atoms with Gasteiger partial charge in [-0.15, -0.1) is 11.5 Å². The second-order valence-electron chi connectivity index (χ2n) is 2.74. The highest BCUT2D eigenvalue weighted by molar-refractivity contribution is 7.10. The minimum Gasteiger partial charge on any atom is -0.480 e. The van der Waals surface area contributed by atoms with Gasteiger partial charge in [-0.25, -0.2) is 0 Å². The number of rotatable bonds is 5. The predicted octanol–water partition coefficient (Wildman–Crippen LogP) is 0.711. The summed E-state index contributed by atoms with van der Waals surface area (Å²) in [5.41, 5.74) is 0.554. The topological polar surface area (TPSA) is 66.3 Å². The van der Waals surface area contributed by atoms with Crippen LogP contribution in [-0.2, 0) is 11.3 Å². The van der Waals surface area contributed by atoms with Crippen molar-refractivity contribution in [3.05, 3.63) is 10.0 Å². The predicted molar refractivity (Wildman–Crippen MR) is 56.7 cm³/mol. The molecule has 0 aliphatic carbocycles. The van der Waals surface area contributed by atoms with Crippen LogP contribution in [-0.4, -0.2) is 38.7 Å². The number of carbonyl (C=O) groups is 1. The van der Waals surface area contributed by atoms with Crippen LogP contribution in [0.5, 0.6) is 0 Å². The summed E-state index contributed by atoms with van der Waals surface area (Å²) in [7, 11) is 0. The molecule has 1 rings (SSSR count).